The monoisotopic (exact) mass is 391 g/mol. The van der Waals surface area contributed by atoms with Gasteiger partial charge in [-0.25, -0.2) is 9.18 Å². The minimum atomic E-state index is -1.06. The zero-order chi connectivity index (χ0) is 19.6. The Morgan fingerprint density at radius 2 is 2.07 bits per heavy atom. The van der Waals surface area contributed by atoms with Gasteiger partial charge in [0.05, 0.1) is 30.2 Å². The Balaban J connectivity index is 1.69. The van der Waals surface area contributed by atoms with Crippen molar-refractivity contribution in [3.63, 3.8) is 0 Å². The zero-order valence-electron chi connectivity index (χ0n) is 14.1. The molecule has 140 valence electrons. The number of aromatic nitrogens is 4. The molecular formula is C17H15ClFN5O3. The molecule has 1 aromatic carbocycles. The van der Waals surface area contributed by atoms with E-state index in [9.17, 15) is 14.0 Å². The van der Waals surface area contributed by atoms with Crippen molar-refractivity contribution in [2.75, 3.05) is 5.32 Å². The lowest BCUT2D eigenvalue weighted by atomic mass is 10.2. The van der Waals surface area contributed by atoms with Crippen molar-refractivity contribution >= 4 is 29.2 Å². The molecule has 3 aromatic rings. The van der Waals surface area contributed by atoms with E-state index in [1.165, 1.54) is 53.2 Å². The van der Waals surface area contributed by atoms with Gasteiger partial charge in [-0.1, -0.05) is 17.7 Å². The standard InChI is InChI=1S/C17H15ClFN5O3/c1-10(17(26)27)24-7-11(5-21-24)16(25)22-12-6-20-23(8-12)9-13-14(18)3-2-4-15(13)19/h2-8,10H,9H2,1H3,(H,22,25)(H,26,27). The summed E-state index contributed by atoms with van der Waals surface area (Å²) in [5.74, 6) is -1.97. The number of nitrogens with zero attached hydrogens (tertiary/aromatic N) is 4. The number of halogens is 2. The Hall–Kier alpha value is -3.20. The Morgan fingerprint density at radius 1 is 1.30 bits per heavy atom. The number of benzene rings is 1. The van der Waals surface area contributed by atoms with Crippen LogP contribution >= 0.6 is 11.6 Å². The van der Waals surface area contributed by atoms with Gasteiger partial charge in [0.25, 0.3) is 5.91 Å². The number of carboxylic acid groups (broad SMARTS) is 1. The highest BCUT2D eigenvalue weighted by molar-refractivity contribution is 6.31. The van der Waals surface area contributed by atoms with Crippen molar-refractivity contribution in [1.82, 2.24) is 19.6 Å². The number of amides is 1. The van der Waals surface area contributed by atoms with Gasteiger partial charge in [-0.3, -0.25) is 14.2 Å². The lowest BCUT2D eigenvalue weighted by Crippen LogP contribution is -2.16. The Labute approximate surface area is 158 Å². The smallest absolute Gasteiger partial charge is 0.328 e. The maximum Gasteiger partial charge on any atom is 0.328 e. The first-order valence-corrected chi connectivity index (χ1v) is 8.26. The number of carbonyl (C=O) groups is 2. The zero-order valence-corrected chi connectivity index (χ0v) is 14.9. The summed E-state index contributed by atoms with van der Waals surface area (Å²) in [6.45, 7) is 1.56. The molecule has 2 N–H and O–H groups in total. The number of aliphatic carboxylic acids is 1. The second kappa shape index (κ2) is 7.58. The van der Waals surface area contributed by atoms with E-state index < -0.39 is 23.7 Å². The van der Waals surface area contributed by atoms with Gasteiger partial charge in [-0.05, 0) is 19.1 Å². The molecule has 0 aliphatic rings. The minimum absolute atomic E-state index is 0.107. The van der Waals surface area contributed by atoms with Crippen molar-refractivity contribution in [1.29, 1.82) is 0 Å². The largest absolute Gasteiger partial charge is 0.480 e. The molecule has 1 unspecified atom stereocenters. The SMILES string of the molecule is CC(C(=O)O)n1cc(C(=O)Nc2cnn(Cc3c(F)cccc3Cl)c2)cn1. The average molecular weight is 392 g/mol. The number of anilines is 1. The lowest BCUT2D eigenvalue weighted by molar-refractivity contribution is -0.140. The number of rotatable bonds is 6. The van der Waals surface area contributed by atoms with Crippen LogP contribution in [0.5, 0.6) is 0 Å². The van der Waals surface area contributed by atoms with Gasteiger partial charge in [0.15, 0.2) is 0 Å². The summed E-state index contributed by atoms with van der Waals surface area (Å²) < 4.78 is 16.5. The fraction of sp³-hybridized carbons (Fsp3) is 0.176. The summed E-state index contributed by atoms with van der Waals surface area (Å²) >= 11 is 6.00. The second-order valence-corrected chi connectivity index (χ2v) is 6.21. The van der Waals surface area contributed by atoms with Crippen LogP contribution in [0.4, 0.5) is 10.1 Å². The van der Waals surface area contributed by atoms with E-state index in [0.717, 1.165) is 0 Å². The summed E-state index contributed by atoms with van der Waals surface area (Å²) in [4.78, 5) is 23.2. The fourth-order valence-corrected chi connectivity index (χ4v) is 2.57. The van der Waals surface area contributed by atoms with Crippen LogP contribution in [0.2, 0.25) is 5.02 Å². The molecular weight excluding hydrogens is 377 g/mol. The van der Waals surface area contributed by atoms with Crippen LogP contribution in [0, 0.1) is 5.82 Å². The molecule has 10 heteroatoms. The third-order valence-corrected chi connectivity index (χ3v) is 4.24. The van der Waals surface area contributed by atoms with Gasteiger partial charge in [0.1, 0.15) is 11.9 Å². The van der Waals surface area contributed by atoms with E-state index in [0.29, 0.717) is 11.3 Å². The van der Waals surface area contributed by atoms with E-state index in [1.54, 1.807) is 6.07 Å². The molecule has 0 radical (unpaired) electrons. The van der Waals surface area contributed by atoms with Gasteiger partial charge in [0, 0.05) is 23.0 Å². The van der Waals surface area contributed by atoms with Gasteiger partial charge in [0.2, 0.25) is 0 Å². The number of carboxylic acids is 1. The van der Waals surface area contributed by atoms with Gasteiger partial charge in [-0.2, -0.15) is 10.2 Å². The van der Waals surface area contributed by atoms with Crippen LogP contribution in [-0.2, 0) is 11.3 Å². The van der Waals surface area contributed by atoms with Gasteiger partial charge < -0.3 is 10.4 Å². The Morgan fingerprint density at radius 3 is 2.78 bits per heavy atom. The predicted octanol–water partition coefficient (Wildman–Crippen LogP) is 2.82. The van der Waals surface area contributed by atoms with E-state index in [-0.39, 0.29) is 17.1 Å². The number of nitrogens with one attached hydrogen (secondary N) is 1. The summed E-state index contributed by atoms with van der Waals surface area (Å²) in [6, 6.07) is 3.52. The third-order valence-electron chi connectivity index (χ3n) is 3.89. The van der Waals surface area contributed by atoms with Crippen LogP contribution in [0.15, 0.2) is 43.0 Å². The quantitative estimate of drug-likeness (QED) is 0.672. The molecule has 0 aliphatic carbocycles. The van der Waals surface area contributed by atoms with E-state index in [1.807, 2.05) is 0 Å². The van der Waals surface area contributed by atoms with Crippen molar-refractivity contribution < 1.29 is 19.1 Å². The van der Waals surface area contributed by atoms with E-state index in [2.05, 4.69) is 15.5 Å². The van der Waals surface area contributed by atoms with Crippen LogP contribution < -0.4 is 5.32 Å². The molecule has 0 spiro atoms. The molecule has 3 rings (SSSR count). The molecule has 0 saturated heterocycles. The number of hydrogen-bond acceptors (Lipinski definition) is 4. The summed E-state index contributed by atoms with van der Waals surface area (Å²) in [6.07, 6.45) is 5.57. The maximum absolute atomic E-state index is 13.9. The topological polar surface area (TPSA) is 102 Å². The Kier molecular flexibility index (Phi) is 5.22. The second-order valence-electron chi connectivity index (χ2n) is 5.80. The highest BCUT2D eigenvalue weighted by Crippen LogP contribution is 2.20. The van der Waals surface area contributed by atoms with Crippen molar-refractivity contribution in [2.45, 2.75) is 19.5 Å². The van der Waals surface area contributed by atoms with Crippen LogP contribution in [-0.4, -0.2) is 36.5 Å². The molecule has 1 atom stereocenters. The Bertz CT molecular complexity index is 980. The van der Waals surface area contributed by atoms with Crippen molar-refractivity contribution in [3.05, 3.63) is 65.0 Å². The molecule has 2 heterocycles. The normalized spacial score (nSPS) is 12.0. The summed E-state index contributed by atoms with van der Waals surface area (Å²) in [5.41, 5.74) is 0.892. The highest BCUT2D eigenvalue weighted by Gasteiger charge is 2.17. The minimum Gasteiger partial charge on any atom is -0.480 e. The van der Waals surface area contributed by atoms with Crippen LogP contribution in [0.25, 0.3) is 0 Å². The van der Waals surface area contributed by atoms with E-state index in [4.69, 9.17) is 16.7 Å². The molecule has 2 aromatic heterocycles. The molecule has 0 bridgehead atoms. The first-order valence-electron chi connectivity index (χ1n) is 7.89. The molecule has 27 heavy (non-hydrogen) atoms. The van der Waals surface area contributed by atoms with Crippen LogP contribution in [0.3, 0.4) is 0 Å². The maximum atomic E-state index is 13.9. The lowest BCUT2D eigenvalue weighted by Gasteiger charge is -2.06. The summed E-state index contributed by atoms with van der Waals surface area (Å²) in [5, 5.41) is 19.8. The van der Waals surface area contributed by atoms with Crippen molar-refractivity contribution in [3.8, 4) is 0 Å². The molecule has 0 saturated carbocycles. The van der Waals surface area contributed by atoms with E-state index >= 15 is 0 Å². The molecule has 1 amide bonds. The molecule has 0 fully saturated rings. The first kappa shape index (κ1) is 18.6. The molecule has 0 aliphatic heterocycles. The van der Waals surface area contributed by atoms with Crippen molar-refractivity contribution in [2.24, 2.45) is 0 Å². The highest BCUT2D eigenvalue weighted by atomic mass is 35.5. The number of hydrogen-bond donors (Lipinski definition) is 2. The molecule has 8 nitrogen and oxygen atoms in total. The number of carbonyl (C=O) groups excluding carboxylic acids is 1. The first-order chi connectivity index (χ1) is 12.8. The predicted molar refractivity (Wildman–Crippen MR) is 95.3 cm³/mol. The van der Waals surface area contributed by atoms with Gasteiger partial charge in [-0.15, -0.1) is 0 Å². The third kappa shape index (κ3) is 4.14. The average Bonchev–Trinajstić information content (AvgIpc) is 3.27. The van der Waals surface area contributed by atoms with Gasteiger partial charge >= 0.3 is 5.97 Å². The fourth-order valence-electron chi connectivity index (χ4n) is 2.34. The van der Waals surface area contributed by atoms with Crippen LogP contribution in [0.1, 0.15) is 28.9 Å². The summed E-state index contributed by atoms with van der Waals surface area (Å²) in [7, 11) is 0.